The smallest absolute Gasteiger partial charge is 0.264 e. The van der Waals surface area contributed by atoms with Crippen LogP contribution in [0, 0.1) is 0 Å². The van der Waals surface area contributed by atoms with E-state index in [-0.39, 0.29) is 5.91 Å². The zero-order chi connectivity index (χ0) is 12.6. The number of hydrogen-bond donors (Lipinski definition) is 0. The third kappa shape index (κ3) is 2.94. The number of piperazine rings is 1. The Morgan fingerprint density at radius 3 is 2.41 bits per heavy atom. The summed E-state index contributed by atoms with van der Waals surface area (Å²) in [4.78, 5) is 14.7. The van der Waals surface area contributed by atoms with Crippen molar-refractivity contribution in [3.05, 3.63) is 20.3 Å². The van der Waals surface area contributed by atoms with Gasteiger partial charge in [-0.1, -0.05) is 23.2 Å². The summed E-state index contributed by atoms with van der Waals surface area (Å²) in [5, 5.41) is 0.466. The molecular weight excluding hydrogens is 279 g/mol. The molecule has 1 aromatic rings. The topological polar surface area (TPSA) is 20.3 Å². The predicted molar refractivity (Wildman–Crippen MR) is 72.1 cm³/mol. The van der Waals surface area contributed by atoms with Crippen LogP contribution in [-0.2, 0) is 0 Å². The SMILES string of the molecule is C[N+]1(C)CCN(C(=O)c2cc(Cl)c(Cl)s2)CC1. The van der Waals surface area contributed by atoms with Gasteiger partial charge in [0.1, 0.15) is 4.34 Å². The van der Waals surface area contributed by atoms with Crippen LogP contribution < -0.4 is 0 Å². The maximum Gasteiger partial charge on any atom is 0.264 e. The highest BCUT2D eigenvalue weighted by Crippen LogP contribution is 2.32. The van der Waals surface area contributed by atoms with E-state index in [1.165, 1.54) is 11.3 Å². The lowest BCUT2D eigenvalue weighted by molar-refractivity contribution is -0.894. The van der Waals surface area contributed by atoms with Gasteiger partial charge >= 0.3 is 0 Å². The molecule has 0 atom stereocenters. The van der Waals surface area contributed by atoms with Crippen molar-refractivity contribution in [2.75, 3.05) is 40.3 Å². The molecule has 0 bridgehead atoms. The Balaban J connectivity index is 2.07. The number of carbonyl (C=O) groups is 1. The molecule has 0 spiro atoms. The Kier molecular flexibility index (Phi) is 3.69. The maximum absolute atomic E-state index is 12.2. The summed E-state index contributed by atoms with van der Waals surface area (Å²) in [6, 6.07) is 1.66. The van der Waals surface area contributed by atoms with E-state index >= 15 is 0 Å². The second-order valence-corrected chi connectivity index (χ2v) is 6.97. The first-order valence-electron chi connectivity index (χ1n) is 5.45. The van der Waals surface area contributed by atoms with Crippen molar-refractivity contribution < 1.29 is 9.28 Å². The minimum atomic E-state index is 0.0449. The lowest BCUT2D eigenvalue weighted by Gasteiger charge is -2.38. The van der Waals surface area contributed by atoms with E-state index in [9.17, 15) is 4.79 Å². The fraction of sp³-hybridized carbons (Fsp3) is 0.545. The van der Waals surface area contributed by atoms with Gasteiger partial charge in [0.15, 0.2) is 0 Å². The molecule has 94 valence electrons. The van der Waals surface area contributed by atoms with Gasteiger partial charge in [-0.2, -0.15) is 0 Å². The first kappa shape index (κ1) is 13.1. The number of hydrogen-bond acceptors (Lipinski definition) is 2. The van der Waals surface area contributed by atoms with Crippen molar-refractivity contribution in [2.24, 2.45) is 0 Å². The number of nitrogens with zero attached hydrogens (tertiary/aromatic N) is 2. The van der Waals surface area contributed by atoms with Crippen LogP contribution in [0.4, 0.5) is 0 Å². The van der Waals surface area contributed by atoms with E-state index in [1.807, 2.05) is 4.90 Å². The van der Waals surface area contributed by atoms with Gasteiger partial charge in [-0.25, -0.2) is 0 Å². The van der Waals surface area contributed by atoms with Crippen molar-refractivity contribution in [1.82, 2.24) is 4.90 Å². The number of thiophene rings is 1. The van der Waals surface area contributed by atoms with Crippen LogP contribution in [0.2, 0.25) is 9.36 Å². The first-order chi connectivity index (χ1) is 7.89. The van der Waals surface area contributed by atoms with Crippen molar-refractivity contribution in [3.63, 3.8) is 0 Å². The lowest BCUT2D eigenvalue weighted by Crippen LogP contribution is -2.56. The lowest BCUT2D eigenvalue weighted by atomic mass is 10.2. The Hall–Kier alpha value is -0.290. The minimum Gasteiger partial charge on any atom is -0.327 e. The molecule has 0 N–H and O–H groups in total. The molecule has 2 rings (SSSR count). The molecule has 1 amide bonds. The number of rotatable bonds is 1. The van der Waals surface area contributed by atoms with Crippen LogP contribution in [0.25, 0.3) is 0 Å². The molecule has 1 saturated heterocycles. The average molecular weight is 294 g/mol. The van der Waals surface area contributed by atoms with E-state index in [4.69, 9.17) is 23.2 Å². The zero-order valence-corrected chi connectivity index (χ0v) is 12.2. The highest BCUT2D eigenvalue weighted by molar-refractivity contribution is 7.18. The van der Waals surface area contributed by atoms with Crippen LogP contribution in [0.15, 0.2) is 6.07 Å². The van der Waals surface area contributed by atoms with Gasteiger partial charge in [0.2, 0.25) is 0 Å². The standard InChI is InChI=1S/C11H15Cl2N2OS/c1-15(2)5-3-14(4-6-15)11(16)9-7-8(12)10(13)17-9/h7H,3-6H2,1-2H3/q+1. The van der Waals surface area contributed by atoms with Crippen molar-refractivity contribution >= 4 is 40.4 Å². The van der Waals surface area contributed by atoms with Crippen LogP contribution in [0.5, 0.6) is 0 Å². The molecule has 0 saturated carbocycles. The van der Waals surface area contributed by atoms with Crippen LogP contribution >= 0.6 is 34.5 Å². The Bertz CT molecular complexity index is 415. The first-order valence-corrected chi connectivity index (χ1v) is 7.02. The van der Waals surface area contributed by atoms with Crippen molar-refractivity contribution in [2.45, 2.75) is 0 Å². The van der Waals surface area contributed by atoms with Gasteiger partial charge < -0.3 is 9.38 Å². The Morgan fingerprint density at radius 2 is 1.94 bits per heavy atom. The molecule has 1 aliphatic heterocycles. The predicted octanol–water partition coefficient (Wildman–Crippen LogP) is 2.59. The van der Waals surface area contributed by atoms with Crippen LogP contribution in [0.3, 0.4) is 0 Å². The summed E-state index contributed by atoms with van der Waals surface area (Å²) in [6.07, 6.45) is 0. The van der Waals surface area contributed by atoms with E-state index in [1.54, 1.807) is 6.07 Å². The maximum atomic E-state index is 12.2. The van der Waals surface area contributed by atoms with Gasteiger partial charge in [-0.3, -0.25) is 4.79 Å². The molecule has 1 aromatic heterocycles. The van der Waals surface area contributed by atoms with Crippen molar-refractivity contribution in [1.29, 1.82) is 0 Å². The van der Waals surface area contributed by atoms with Gasteiger partial charge in [0.05, 0.1) is 50.2 Å². The van der Waals surface area contributed by atoms with Gasteiger partial charge in [0.25, 0.3) is 5.91 Å². The third-order valence-corrected chi connectivity index (χ3v) is 4.95. The second kappa shape index (κ2) is 4.76. The molecule has 0 aliphatic carbocycles. The Labute approximate surface area is 115 Å². The van der Waals surface area contributed by atoms with Gasteiger partial charge in [-0.15, -0.1) is 11.3 Å². The molecule has 0 aromatic carbocycles. The highest BCUT2D eigenvalue weighted by Gasteiger charge is 2.28. The van der Waals surface area contributed by atoms with E-state index in [0.717, 1.165) is 30.7 Å². The molecule has 17 heavy (non-hydrogen) atoms. The molecular formula is C11H15Cl2N2OS+. The fourth-order valence-corrected chi connectivity index (χ4v) is 3.15. The van der Waals surface area contributed by atoms with E-state index < -0.39 is 0 Å². The monoisotopic (exact) mass is 293 g/mol. The van der Waals surface area contributed by atoms with Crippen LogP contribution in [-0.4, -0.2) is 55.6 Å². The number of likely N-dealkylation sites (N-methyl/N-ethyl adjacent to an activating group) is 1. The van der Waals surface area contributed by atoms with E-state index in [0.29, 0.717) is 14.2 Å². The summed E-state index contributed by atoms with van der Waals surface area (Å²) in [7, 11) is 4.36. The van der Waals surface area contributed by atoms with Crippen LogP contribution in [0.1, 0.15) is 9.67 Å². The van der Waals surface area contributed by atoms with Crippen molar-refractivity contribution in [3.8, 4) is 0 Å². The molecule has 6 heteroatoms. The fourth-order valence-electron chi connectivity index (χ4n) is 1.82. The van der Waals surface area contributed by atoms with Gasteiger partial charge in [-0.05, 0) is 6.07 Å². The number of carbonyl (C=O) groups excluding carboxylic acids is 1. The molecule has 1 fully saturated rings. The summed E-state index contributed by atoms with van der Waals surface area (Å²) in [6.45, 7) is 3.55. The molecule has 0 radical (unpaired) electrons. The number of amides is 1. The number of quaternary nitrogens is 1. The molecule has 1 aliphatic rings. The molecule has 0 unspecified atom stereocenters. The largest absolute Gasteiger partial charge is 0.327 e. The summed E-state index contributed by atoms with van der Waals surface area (Å²) >= 11 is 13.0. The summed E-state index contributed by atoms with van der Waals surface area (Å²) in [5.41, 5.74) is 0. The zero-order valence-electron chi connectivity index (χ0n) is 9.87. The third-order valence-electron chi connectivity index (χ3n) is 3.09. The summed E-state index contributed by atoms with van der Waals surface area (Å²) < 4.78 is 1.46. The average Bonchev–Trinajstić information content (AvgIpc) is 2.58. The minimum absolute atomic E-state index is 0.0449. The summed E-state index contributed by atoms with van der Waals surface area (Å²) in [5.74, 6) is 0.0449. The van der Waals surface area contributed by atoms with Gasteiger partial charge in [0, 0.05) is 0 Å². The van der Waals surface area contributed by atoms with E-state index in [2.05, 4.69) is 14.1 Å². The number of halogens is 2. The normalized spacial score (nSPS) is 19.4. The molecule has 3 nitrogen and oxygen atoms in total. The second-order valence-electron chi connectivity index (χ2n) is 4.91. The Morgan fingerprint density at radius 1 is 1.35 bits per heavy atom. The highest BCUT2D eigenvalue weighted by atomic mass is 35.5. The molecule has 2 heterocycles. The quantitative estimate of drug-likeness (QED) is 0.729.